The van der Waals surface area contributed by atoms with Crippen molar-refractivity contribution in [2.75, 3.05) is 24.5 Å². The van der Waals surface area contributed by atoms with Gasteiger partial charge < -0.3 is 14.3 Å². The molecular weight excluding hydrogens is 464 g/mol. The van der Waals surface area contributed by atoms with E-state index in [1.807, 2.05) is 12.1 Å². The summed E-state index contributed by atoms with van der Waals surface area (Å²) in [5, 5.41) is 6.38. The van der Waals surface area contributed by atoms with Crippen LogP contribution in [0.15, 0.2) is 40.1 Å². The summed E-state index contributed by atoms with van der Waals surface area (Å²) in [7, 11) is 0. The Morgan fingerprint density at radius 2 is 1.83 bits per heavy atom. The van der Waals surface area contributed by atoms with E-state index in [0.717, 1.165) is 29.2 Å². The lowest BCUT2D eigenvalue weighted by molar-refractivity contribution is -0.150. The lowest BCUT2D eigenvalue weighted by atomic mass is 10.0. The highest BCUT2D eigenvalue weighted by molar-refractivity contribution is 6.21. The first-order valence-electron chi connectivity index (χ1n) is 12.4. The Labute approximate surface area is 207 Å². The van der Waals surface area contributed by atoms with Crippen LogP contribution in [0.25, 0.3) is 11.4 Å². The molecule has 2 aromatic rings. The fourth-order valence-corrected chi connectivity index (χ4v) is 5.48. The minimum absolute atomic E-state index is 0.0889. The van der Waals surface area contributed by atoms with E-state index in [1.165, 1.54) is 12.8 Å². The van der Waals surface area contributed by atoms with Crippen molar-refractivity contribution in [3.05, 3.63) is 41.4 Å². The van der Waals surface area contributed by atoms with Crippen molar-refractivity contribution < 1.29 is 23.7 Å². The number of carbonyl (C=O) groups is 4. The molecule has 1 atom stereocenters. The number of imide groups is 2. The molecule has 1 aromatic heterocycles. The Morgan fingerprint density at radius 3 is 2.64 bits per heavy atom. The van der Waals surface area contributed by atoms with Gasteiger partial charge in [0.15, 0.2) is 0 Å². The van der Waals surface area contributed by atoms with E-state index in [1.54, 1.807) is 4.90 Å². The van der Waals surface area contributed by atoms with Crippen LogP contribution in [0.3, 0.4) is 0 Å². The largest absolute Gasteiger partial charge is 0.372 e. The zero-order valence-corrected chi connectivity index (χ0v) is 19.7. The van der Waals surface area contributed by atoms with E-state index < -0.39 is 29.7 Å². The predicted molar refractivity (Wildman–Crippen MR) is 126 cm³/mol. The number of anilines is 1. The van der Waals surface area contributed by atoms with Gasteiger partial charge in [-0.1, -0.05) is 17.3 Å². The third-order valence-corrected chi connectivity index (χ3v) is 7.25. The number of nitrogens with one attached hydrogen (secondary N) is 1. The zero-order valence-electron chi connectivity index (χ0n) is 19.7. The highest BCUT2D eigenvalue weighted by Crippen LogP contribution is 2.35. The van der Waals surface area contributed by atoms with Crippen LogP contribution in [0.1, 0.15) is 44.4 Å². The third-order valence-electron chi connectivity index (χ3n) is 7.25. The molecule has 1 N–H and O–H groups in total. The summed E-state index contributed by atoms with van der Waals surface area (Å²) in [5.41, 5.74) is 2.66. The van der Waals surface area contributed by atoms with Crippen LogP contribution in [0.5, 0.6) is 0 Å². The minimum Gasteiger partial charge on any atom is -0.372 e. The van der Waals surface area contributed by atoms with Gasteiger partial charge in [-0.3, -0.25) is 29.4 Å². The fourth-order valence-electron chi connectivity index (χ4n) is 5.48. The Bertz CT molecular complexity index is 1290. The van der Waals surface area contributed by atoms with Crippen molar-refractivity contribution in [3.63, 3.8) is 0 Å². The number of hydrogen-bond donors (Lipinski definition) is 1. The first-order chi connectivity index (χ1) is 17.5. The monoisotopic (exact) mass is 490 g/mol. The maximum Gasteiger partial charge on any atom is 0.278 e. The lowest BCUT2D eigenvalue weighted by Gasteiger charge is -2.29. The Balaban J connectivity index is 1.21. The molecule has 2 fully saturated rings. The number of rotatable bonds is 5. The summed E-state index contributed by atoms with van der Waals surface area (Å²) in [5.74, 6) is -1.17. The molecule has 11 nitrogen and oxygen atoms in total. The van der Waals surface area contributed by atoms with Crippen molar-refractivity contribution in [1.82, 2.24) is 25.3 Å². The smallest absolute Gasteiger partial charge is 0.278 e. The van der Waals surface area contributed by atoms with E-state index >= 15 is 0 Å². The van der Waals surface area contributed by atoms with Gasteiger partial charge in [0.2, 0.25) is 23.5 Å². The van der Waals surface area contributed by atoms with Crippen LogP contribution in [0, 0.1) is 0 Å². The molecule has 1 aromatic carbocycles. The first-order valence-corrected chi connectivity index (χ1v) is 12.4. The number of nitrogens with zero attached hydrogens (tertiary/aromatic N) is 5. The second-order valence-electron chi connectivity index (χ2n) is 9.56. The molecule has 36 heavy (non-hydrogen) atoms. The van der Waals surface area contributed by atoms with Crippen LogP contribution in [0.2, 0.25) is 0 Å². The third kappa shape index (κ3) is 3.84. The molecule has 5 heterocycles. The van der Waals surface area contributed by atoms with Crippen molar-refractivity contribution in [3.8, 4) is 11.4 Å². The summed E-state index contributed by atoms with van der Waals surface area (Å²) in [4.78, 5) is 60.0. The molecule has 2 saturated heterocycles. The Kier molecular flexibility index (Phi) is 5.54. The van der Waals surface area contributed by atoms with Crippen molar-refractivity contribution in [2.24, 2.45) is 0 Å². The number of amides is 4. The van der Waals surface area contributed by atoms with E-state index in [2.05, 4.69) is 32.5 Å². The lowest BCUT2D eigenvalue weighted by Crippen LogP contribution is -2.55. The summed E-state index contributed by atoms with van der Waals surface area (Å²) in [6.45, 7) is 2.80. The molecule has 4 aliphatic heterocycles. The van der Waals surface area contributed by atoms with Gasteiger partial charge in [-0.25, -0.2) is 0 Å². The van der Waals surface area contributed by atoms with Crippen LogP contribution < -0.4 is 10.2 Å². The molecule has 0 spiro atoms. The highest BCUT2D eigenvalue weighted by atomic mass is 16.5. The molecule has 1 unspecified atom stereocenters. The Hall–Kier alpha value is -4.02. The number of piperidine rings is 1. The quantitative estimate of drug-likeness (QED) is 0.618. The minimum atomic E-state index is -0.979. The van der Waals surface area contributed by atoms with Gasteiger partial charge in [0, 0.05) is 42.9 Å². The van der Waals surface area contributed by atoms with Crippen LogP contribution in [0.4, 0.5) is 5.69 Å². The molecule has 0 bridgehead atoms. The number of benzene rings is 1. The van der Waals surface area contributed by atoms with Gasteiger partial charge in [-0.05, 0) is 44.2 Å². The van der Waals surface area contributed by atoms with Crippen LogP contribution >= 0.6 is 0 Å². The number of hydrogen-bond acceptors (Lipinski definition) is 9. The maximum atomic E-state index is 13.3. The molecule has 6 rings (SSSR count). The maximum absolute atomic E-state index is 13.3. The average molecular weight is 491 g/mol. The van der Waals surface area contributed by atoms with E-state index in [4.69, 9.17) is 4.52 Å². The summed E-state index contributed by atoms with van der Waals surface area (Å²) in [6.07, 6.45) is 3.73. The zero-order chi connectivity index (χ0) is 24.8. The van der Waals surface area contributed by atoms with Gasteiger partial charge in [-0.15, -0.1) is 0 Å². The Morgan fingerprint density at radius 1 is 1.00 bits per heavy atom. The molecule has 0 saturated carbocycles. The molecular formula is C25H26N6O5. The summed E-state index contributed by atoms with van der Waals surface area (Å²) in [6, 6.07) is 7.07. The number of carbonyl (C=O) groups excluding carboxylic acids is 4. The van der Waals surface area contributed by atoms with Crippen LogP contribution in [-0.2, 0) is 25.7 Å². The van der Waals surface area contributed by atoms with Crippen LogP contribution in [-0.4, -0.2) is 69.2 Å². The SMILES string of the molecule is O=C1CCC(N2C(=O)C3=C(C2=O)N(Cc2nc(-c4cccc(N5CCCC5)c4)no2)CCC3)C(=O)N1. The molecule has 186 valence electrons. The fraction of sp³-hybridized carbons (Fsp3) is 0.440. The highest BCUT2D eigenvalue weighted by Gasteiger charge is 2.48. The normalized spacial score (nSPS) is 22.6. The molecule has 0 aliphatic carbocycles. The summed E-state index contributed by atoms with van der Waals surface area (Å²) < 4.78 is 5.52. The summed E-state index contributed by atoms with van der Waals surface area (Å²) >= 11 is 0. The molecule has 11 heteroatoms. The molecule has 0 radical (unpaired) electrons. The van der Waals surface area contributed by atoms with E-state index in [0.29, 0.717) is 36.7 Å². The number of aromatic nitrogens is 2. The van der Waals surface area contributed by atoms with Gasteiger partial charge in [0.05, 0.1) is 6.54 Å². The first kappa shape index (κ1) is 22.4. The predicted octanol–water partition coefficient (Wildman–Crippen LogP) is 1.36. The van der Waals surface area contributed by atoms with Crippen molar-refractivity contribution in [1.29, 1.82) is 0 Å². The average Bonchev–Trinajstić information content (AvgIpc) is 3.62. The topological polar surface area (TPSA) is 129 Å². The van der Waals surface area contributed by atoms with Gasteiger partial charge >= 0.3 is 0 Å². The van der Waals surface area contributed by atoms with E-state index in [-0.39, 0.29) is 25.1 Å². The van der Waals surface area contributed by atoms with Gasteiger partial charge in [0.1, 0.15) is 11.7 Å². The second kappa shape index (κ2) is 8.89. The van der Waals surface area contributed by atoms with E-state index in [9.17, 15) is 19.2 Å². The molecule has 4 amide bonds. The van der Waals surface area contributed by atoms with Gasteiger partial charge in [0.25, 0.3) is 11.8 Å². The standard InChI is InChI=1S/C25H26N6O5/c32-19-9-8-18(23(33)26-19)31-24(34)17-7-4-12-30(21(17)25(31)35)14-20-27-22(28-36-20)15-5-3-6-16(13-15)29-10-1-2-11-29/h3,5-6,13,18H,1-2,4,7-12,14H2,(H,26,32,33). The van der Waals surface area contributed by atoms with Crippen molar-refractivity contribution >= 4 is 29.3 Å². The second-order valence-corrected chi connectivity index (χ2v) is 9.56. The van der Waals surface area contributed by atoms with Gasteiger partial charge in [-0.2, -0.15) is 4.98 Å². The molecule has 4 aliphatic rings. The van der Waals surface area contributed by atoms with Crippen molar-refractivity contribution in [2.45, 2.75) is 51.1 Å².